The van der Waals surface area contributed by atoms with Gasteiger partial charge in [-0.3, -0.25) is 5.32 Å². The van der Waals surface area contributed by atoms with Crippen molar-refractivity contribution in [3.63, 3.8) is 0 Å². The molecule has 4 rings (SSSR count). The standard InChI is InChI=1S/C22H16BrNO5/c23-20-17(21(26)27)9-12(10-19(20)25)24-22(28)29-11-18-15-7-3-1-5-13(15)14-6-2-4-8-16(14)18/h1-10,18,25H,11H2,(H,24,28)(H,26,27). The summed E-state index contributed by atoms with van der Waals surface area (Å²) in [7, 11) is 0. The number of aromatic carboxylic acids is 1. The van der Waals surface area contributed by atoms with Crippen molar-refractivity contribution in [3.05, 3.63) is 81.8 Å². The maximum Gasteiger partial charge on any atom is 0.411 e. The van der Waals surface area contributed by atoms with Crippen LogP contribution in [0.3, 0.4) is 0 Å². The summed E-state index contributed by atoms with van der Waals surface area (Å²) in [6.07, 6.45) is -0.732. The molecule has 3 aromatic carbocycles. The summed E-state index contributed by atoms with van der Waals surface area (Å²) in [6, 6.07) is 18.5. The van der Waals surface area contributed by atoms with E-state index in [1.54, 1.807) is 0 Å². The molecule has 0 spiro atoms. The molecule has 0 unspecified atom stereocenters. The quantitative estimate of drug-likeness (QED) is 0.503. The predicted molar refractivity (Wildman–Crippen MR) is 111 cm³/mol. The maximum absolute atomic E-state index is 12.3. The summed E-state index contributed by atoms with van der Waals surface area (Å²) in [4.78, 5) is 23.6. The van der Waals surface area contributed by atoms with Crippen LogP contribution in [0.2, 0.25) is 0 Å². The molecule has 0 aromatic heterocycles. The van der Waals surface area contributed by atoms with Crippen molar-refractivity contribution in [2.45, 2.75) is 5.92 Å². The molecule has 0 bridgehead atoms. The highest BCUT2D eigenvalue weighted by atomic mass is 79.9. The van der Waals surface area contributed by atoms with Crippen molar-refractivity contribution >= 4 is 33.7 Å². The highest BCUT2D eigenvalue weighted by Crippen LogP contribution is 2.44. The largest absolute Gasteiger partial charge is 0.507 e. The molecular formula is C22H16BrNO5. The number of hydrogen-bond donors (Lipinski definition) is 3. The fourth-order valence-electron chi connectivity index (χ4n) is 3.59. The van der Waals surface area contributed by atoms with Crippen LogP contribution < -0.4 is 5.32 Å². The van der Waals surface area contributed by atoms with E-state index < -0.39 is 12.1 Å². The lowest BCUT2D eigenvalue weighted by molar-refractivity contribution is 0.0695. The van der Waals surface area contributed by atoms with Crippen molar-refractivity contribution in [2.75, 3.05) is 11.9 Å². The van der Waals surface area contributed by atoms with Gasteiger partial charge in [0, 0.05) is 17.7 Å². The van der Waals surface area contributed by atoms with Gasteiger partial charge in [0.2, 0.25) is 0 Å². The molecule has 0 fully saturated rings. The smallest absolute Gasteiger partial charge is 0.411 e. The van der Waals surface area contributed by atoms with Gasteiger partial charge in [-0.15, -0.1) is 0 Å². The number of halogens is 1. The number of rotatable bonds is 4. The Morgan fingerprint density at radius 2 is 1.59 bits per heavy atom. The molecule has 1 aliphatic rings. The van der Waals surface area contributed by atoms with Crippen LogP contribution in [0, 0.1) is 0 Å². The lowest BCUT2D eigenvalue weighted by atomic mass is 9.98. The molecule has 3 N–H and O–H groups in total. The Hall–Kier alpha value is -3.32. The number of aromatic hydroxyl groups is 1. The summed E-state index contributed by atoms with van der Waals surface area (Å²) >= 11 is 3.01. The van der Waals surface area contributed by atoms with Crippen molar-refractivity contribution < 1.29 is 24.5 Å². The van der Waals surface area contributed by atoms with Crippen molar-refractivity contribution in [1.82, 2.24) is 0 Å². The summed E-state index contributed by atoms with van der Waals surface area (Å²) < 4.78 is 5.47. The summed E-state index contributed by atoms with van der Waals surface area (Å²) in [5, 5.41) is 21.5. The number of fused-ring (bicyclic) bond motifs is 3. The summed E-state index contributed by atoms with van der Waals surface area (Å²) in [5.41, 5.74) is 4.40. The number of anilines is 1. The van der Waals surface area contributed by atoms with Gasteiger partial charge >= 0.3 is 12.1 Å². The van der Waals surface area contributed by atoms with Crippen molar-refractivity contribution in [1.29, 1.82) is 0 Å². The molecule has 0 radical (unpaired) electrons. The number of phenols is 1. The molecule has 3 aromatic rings. The zero-order valence-corrected chi connectivity index (χ0v) is 16.6. The second-order valence-electron chi connectivity index (χ2n) is 6.61. The van der Waals surface area contributed by atoms with E-state index in [9.17, 15) is 19.8 Å². The zero-order chi connectivity index (χ0) is 20.5. The first kappa shape index (κ1) is 19.0. The Balaban J connectivity index is 1.51. The number of carbonyl (C=O) groups excluding carboxylic acids is 1. The number of hydrogen-bond acceptors (Lipinski definition) is 4. The van der Waals surface area contributed by atoms with Crippen molar-refractivity contribution in [3.8, 4) is 16.9 Å². The molecular weight excluding hydrogens is 438 g/mol. The fourth-order valence-corrected chi connectivity index (χ4v) is 3.99. The van der Waals surface area contributed by atoms with E-state index in [0.717, 1.165) is 22.3 Å². The molecule has 146 valence electrons. The Morgan fingerprint density at radius 1 is 1.00 bits per heavy atom. The van der Waals surface area contributed by atoms with Crippen LogP contribution >= 0.6 is 15.9 Å². The monoisotopic (exact) mass is 453 g/mol. The molecule has 1 aliphatic carbocycles. The number of phenolic OH excluding ortho intramolecular Hbond substituents is 1. The molecule has 6 nitrogen and oxygen atoms in total. The third kappa shape index (κ3) is 3.56. The van der Waals surface area contributed by atoms with Crippen LogP contribution in [0.1, 0.15) is 27.4 Å². The van der Waals surface area contributed by atoms with Gasteiger partial charge in [0.15, 0.2) is 0 Å². The van der Waals surface area contributed by atoms with Crippen LogP contribution in [-0.2, 0) is 4.74 Å². The van der Waals surface area contributed by atoms with Gasteiger partial charge in [0.05, 0.1) is 10.0 Å². The second-order valence-corrected chi connectivity index (χ2v) is 7.41. The molecule has 0 saturated carbocycles. The molecule has 29 heavy (non-hydrogen) atoms. The average Bonchev–Trinajstić information content (AvgIpc) is 3.03. The van der Waals surface area contributed by atoms with Gasteiger partial charge in [0.25, 0.3) is 0 Å². The Kier molecular flexibility index (Phi) is 4.98. The minimum absolute atomic E-state index is 0.0445. The topological polar surface area (TPSA) is 95.9 Å². The van der Waals surface area contributed by atoms with Crippen LogP contribution in [0.15, 0.2) is 65.1 Å². The van der Waals surface area contributed by atoms with E-state index in [0.29, 0.717) is 0 Å². The third-order valence-electron chi connectivity index (χ3n) is 4.87. The van der Waals surface area contributed by atoms with E-state index in [2.05, 4.69) is 21.2 Å². The van der Waals surface area contributed by atoms with Gasteiger partial charge in [-0.1, -0.05) is 48.5 Å². The van der Waals surface area contributed by atoms with E-state index in [1.807, 2.05) is 48.5 Å². The first-order valence-electron chi connectivity index (χ1n) is 8.83. The van der Waals surface area contributed by atoms with Gasteiger partial charge in [-0.2, -0.15) is 0 Å². The molecule has 0 aliphatic heterocycles. The van der Waals surface area contributed by atoms with Gasteiger partial charge in [-0.25, -0.2) is 9.59 Å². The minimum Gasteiger partial charge on any atom is -0.507 e. The summed E-state index contributed by atoms with van der Waals surface area (Å²) in [6.45, 7) is 0.133. The molecule has 7 heteroatoms. The summed E-state index contributed by atoms with van der Waals surface area (Å²) in [5.74, 6) is -1.61. The third-order valence-corrected chi connectivity index (χ3v) is 5.71. The second kappa shape index (κ2) is 7.60. The minimum atomic E-state index is -1.23. The molecule has 0 saturated heterocycles. The molecule has 0 heterocycles. The number of carboxylic acid groups (broad SMARTS) is 1. The van der Waals surface area contributed by atoms with E-state index in [1.165, 1.54) is 12.1 Å². The maximum atomic E-state index is 12.3. The first-order chi connectivity index (χ1) is 14.0. The number of nitrogens with one attached hydrogen (secondary N) is 1. The van der Waals surface area contributed by atoms with E-state index in [4.69, 9.17) is 4.74 Å². The predicted octanol–water partition coefficient (Wildman–Crippen LogP) is 5.21. The average molecular weight is 454 g/mol. The fraction of sp³-hybridized carbons (Fsp3) is 0.0909. The lowest BCUT2D eigenvalue weighted by Gasteiger charge is -2.15. The van der Waals surface area contributed by atoms with Gasteiger partial charge in [-0.05, 0) is 44.3 Å². The van der Waals surface area contributed by atoms with Gasteiger partial charge in [0.1, 0.15) is 12.4 Å². The first-order valence-corrected chi connectivity index (χ1v) is 9.63. The normalized spacial score (nSPS) is 12.2. The van der Waals surface area contributed by atoms with Crippen LogP contribution in [0.4, 0.5) is 10.5 Å². The van der Waals surface area contributed by atoms with Crippen LogP contribution in [-0.4, -0.2) is 28.9 Å². The Morgan fingerprint density at radius 3 is 2.17 bits per heavy atom. The number of amides is 1. The number of ether oxygens (including phenoxy) is 1. The lowest BCUT2D eigenvalue weighted by Crippen LogP contribution is -2.18. The van der Waals surface area contributed by atoms with E-state index in [-0.39, 0.29) is 34.0 Å². The van der Waals surface area contributed by atoms with Crippen molar-refractivity contribution in [2.24, 2.45) is 0 Å². The number of carbonyl (C=O) groups is 2. The highest BCUT2D eigenvalue weighted by Gasteiger charge is 2.29. The van der Waals surface area contributed by atoms with Crippen LogP contribution in [0.25, 0.3) is 11.1 Å². The van der Waals surface area contributed by atoms with Gasteiger partial charge < -0.3 is 14.9 Å². The zero-order valence-electron chi connectivity index (χ0n) is 15.1. The Labute approximate surface area is 174 Å². The number of benzene rings is 3. The highest BCUT2D eigenvalue weighted by molar-refractivity contribution is 9.10. The molecule has 0 atom stereocenters. The van der Waals surface area contributed by atoms with Crippen LogP contribution in [0.5, 0.6) is 5.75 Å². The molecule has 1 amide bonds. The van der Waals surface area contributed by atoms with E-state index >= 15 is 0 Å². The SMILES string of the molecule is O=C(Nc1cc(O)c(Br)c(C(=O)O)c1)OCC1c2ccccc2-c2ccccc21. The Bertz CT molecular complexity index is 1080. The number of carboxylic acids is 1.